The molecule has 0 spiro atoms. The zero-order valence-electron chi connectivity index (χ0n) is 10.4. The van der Waals surface area contributed by atoms with Gasteiger partial charge in [-0.1, -0.05) is 23.7 Å². The number of carbonyl (C=O) groups is 1. The predicted molar refractivity (Wildman–Crippen MR) is 70.9 cm³/mol. The summed E-state index contributed by atoms with van der Waals surface area (Å²) in [6.45, 7) is 2.20. The molecule has 0 aliphatic heterocycles. The molecule has 18 heavy (non-hydrogen) atoms. The summed E-state index contributed by atoms with van der Waals surface area (Å²) in [6, 6.07) is 7.01. The molecule has 100 valence electrons. The lowest BCUT2D eigenvalue weighted by atomic mass is 10.2. The Bertz CT molecular complexity index is 382. The number of nitrogens with one attached hydrogen (secondary N) is 1. The average Bonchev–Trinajstić information content (AvgIpc) is 2.33. The number of ether oxygens (including phenoxy) is 1. The lowest BCUT2D eigenvalue weighted by Crippen LogP contribution is -2.30. The topological polar surface area (TPSA) is 58.6 Å². The van der Waals surface area contributed by atoms with Gasteiger partial charge in [0, 0.05) is 6.54 Å². The first-order valence-corrected chi connectivity index (χ1v) is 6.29. The van der Waals surface area contributed by atoms with Gasteiger partial charge in [0.1, 0.15) is 5.75 Å². The van der Waals surface area contributed by atoms with Crippen LogP contribution in [0.5, 0.6) is 5.75 Å². The van der Waals surface area contributed by atoms with Crippen LogP contribution in [0.15, 0.2) is 24.3 Å². The van der Waals surface area contributed by atoms with Crippen molar-refractivity contribution in [3.63, 3.8) is 0 Å². The van der Waals surface area contributed by atoms with Gasteiger partial charge >= 0.3 is 0 Å². The molecule has 0 bridgehead atoms. The number of aliphatic hydroxyl groups is 1. The summed E-state index contributed by atoms with van der Waals surface area (Å²) in [5.74, 6) is 0.304. The van der Waals surface area contributed by atoms with Gasteiger partial charge in [-0.2, -0.15) is 0 Å². The smallest absolute Gasteiger partial charge is 0.257 e. The number of hydrogen-bond acceptors (Lipinski definition) is 3. The van der Waals surface area contributed by atoms with Crippen molar-refractivity contribution in [2.75, 3.05) is 13.2 Å². The second-order valence-corrected chi connectivity index (χ2v) is 4.47. The van der Waals surface area contributed by atoms with Gasteiger partial charge < -0.3 is 15.2 Å². The van der Waals surface area contributed by atoms with Crippen molar-refractivity contribution >= 4 is 17.5 Å². The lowest BCUT2D eigenvalue weighted by Gasteiger charge is -2.09. The Hall–Kier alpha value is -1.26. The Balaban J connectivity index is 2.19. The summed E-state index contributed by atoms with van der Waals surface area (Å²) in [5, 5.41) is 12.2. The molecule has 0 saturated heterocycles. The third-order valence-electron chi connectivity index (χ3n) is 2.32. The van der Waals surface area contributed by atoms with Crippen molar-refractivity contribution in [3.8, 4) is 5.75 Å². The van der Waals surface area contributed by atoms with Crippen molar-refractivity contribution in [1.82, 2.24) is 5.32 Å². The van der Waals surface area contributed by atoms with E-state index in [1.807, 2.05) is 0 Å². The number of hydrogen-bond donors (Lipinski definition) is 2. The van der Waals surface area contributed by atoms with E-state index < -0.39 is 0 Å². The molecule has 0 fully saturated rings. The first-order valence-electron chi connectivity index (χ1n) is 5.91. The fourth-order valence-corrected chi connectivity index (χ4v) is 1.57. The molecule has 2 N–H and O–H groups in total. The largest absolute Gasteiger partial charge is 0.482 e. The Morgan fingerprint density at radius 1 is 1.50 bits per heavy atom. The maximum Gasteiger partial charge on any atom is 0.257 e. The van der Waals surface area contributed by atoms with E-state index in [0.717, 1.165) is 6.42 Å². The molecule has 0 aliphatic rings. The molecule has 1 amide bonds. The Morgan fingerprint density at radius 2 is 2.22 bits per heavy atom. The highest BCUT2D eigenvalue weighted by molar-refractivity contribution is 6.32. The van der Waals surface area contributed by atoms with E-state index in [0.29, 0.717) is 23.7 Å². The van der Waals surface area contributed by atoms with Crippen molar-refractivity contribution in [1.29, 1.82) is 0 Å². The van der Waals surface area contributed by atoms with E-state index in [-0.39, 0.29) is 18.6 Å². The van der Waals surface area contributed by atoms with Crippen LogP contribution in [-0.4, -0.2) is 30.3 Å². The zero-order chi connectivity index (χ0) is 13.4. The SMILES string of the molecule is CC(O)CCCNC(=O)COc1ccccc1Cl. The monoisotopic (exact) mass is 271 g/mol. The number of amides is 1. The molecule has 0 saturated carbocycles. The molecule has 1 rings (SSSR count). The van der Waals surface area contributed by atoms with Crippen LogP contribution in [0.3, 0.4) is 0 Å². The maximum absolute atomic E-state index is 11.4. The van der Waals surface area contributed by atoms with Crippen LogP contribution >= 0.6 is 11.6 Å². The third kappa shape index (κ3) is 5.89. The van der Waals surface area contributed by atoms with Crippen LogP contribution in [0.2, 0.25) is 5.02 Å². The fraction of sp³-hybridized carbons (Fsp3) is 0.462. The number of aliphatic hydroxyl groups excluding tert-OH is 1. The van der Waals surface area contributed by atoms with Gasteiger partial charge in [-0.05, 0) is 31.9 Å². The molecule has 1 unspecified atom stereocenters. The van der Waals surface area contributed by atoms with E-state index in [1.165, 1.54) is 0 Å². The standard InChI is InChI=1S/C13H18ClNO3/c1-10(16)5-4-8-15-13(17)9-18-12-7-3-2-6-11(12)14/h2-3,6-7,10,16H,4-5,8-9H2,1H3,(H,15,17). The Labute approximate surface area is 112 Å². The van der Waals surface area contributed by atoms with Crippen molar-refractivity contribution < 1.29 is 14.6 Å². The fourth-order valence-electron chi connectivity index (χ4n) is 1.38. The second kappa shape index (κ2) is 7.95. The number of carbonyl (C=O) groups excluding carboxylic acids is 1. The number of halogens is 1. The molecule has 5 heteroatoms. The Morgan fingerprint density at radius 3 is 2.89 bits per heavy atom. The number of benzene rings is 1. The van der Waals surface area contributed by atoms with Gasteiger partial charge in [0.15, 0.2) is 6.61 Å². The Kier molecular flexibility index (Phi) is 6.54. The quantitative estimate of drug-likeness (QED) is 0.746. The first-order chi connectivity index (χ1) is 8.59. The predicted octanol–water partition coefficient (Wildman–Crippen LogP) is 2.00. The summed E-state index contributed by atoms with van der Waals surface area (Å²) in [4.78, 5) is 11.4. The normalized spacial score (nSPS) is 11.9. The van der Waals surface area contributed by atoms with Gasteiger partial charge in [0.05, 0.1) is 11.1 Å². The van der Waals surface area contributed by atoms with Crippen molar-refractivity contribution in [2.24, 2.45) is 0 Å². The summed E-state index contributed by atoms with van der Waals surface area (Å²) >= 11 is 5.88. The average molecular weight is 272 g/mol. The summed E-state index contributed by atoms with van der Waals surface area (Å²) in [5.41, 5.74) is 0. The minimum Gasteiger partial charge on any atom is -0.482 e. The molecule has 0 radical (unpaired) electrons. The van der Waals surface area contributed by atoms with Gasteiger partial charge in [0.25, 0.3) is 5.91 Å². The summed E-state index contributed by atoms with van der Waals surface area (Å²) < 4.78 is 5.28. The van der Waals surface area contributed by atoms with Crippen molar-refractivity contribution in [3.05, 3.63) is 29.3 Å². The highest BCUT2D eigenvalue weighted by atomic mass is 35.5. The summed E-state index contributed by atoms with van der Waals surface area (Å²) in [7, 11) is 0. The second-order valence-electron chi connectivity index (χ2n) is 4.06. The van der Waals surface area contributed by atoms with E-state index in [4.69, 9.17) is 21.4 Å². The van der Waals surface area contributed by atoms with Gasteiger partial charge in [-0.25, -0.2) is 0 Å². The highest BCUT2D eigenvalue weighted by Gasteiger charge is 2.05. The number of para-hydroxylation sites is 1. The van der Waals surface area contributed by atoms with Gasteiger partial charge in [-0.3, -0.25) is 4.79 Å². The minimum atomic E-state index is -0.332. The third-order valence-corrected chi connectivity index (χ3v) is 2.63. The lowest BCUT2D eigenvalue weighted by molar-refractivity contribution is -0.123. The molecular formula is C13H18ClNO3. The molecule has 1 atom stereocenters. The van der Waals surface area contributed by atoms with Crippen LogP contribution in [0.4, 0.5) is 0 Å². The van der Waals surface area contributed by atoms with Crippen LogP contribution in [0.25, 0.3) is 0 Å². The van der Waals surface area contributed by atoms with E-state index in [2.05, 4.69) is 5.32 Å². The van der Waals surface area contributed by atoms with Gasteiger partial charge in [0.2, 0.25) is 0 Å². The highest BCUT2D eigenvalue weighted by Crippen LogP contribution is 2.22. The maximum atomic E-state index is 11.4. The minimum absolute atomic E-state index is 0.0571. The van der Waals surface area contributed by atoms with Crippen LogP contribution < -0.4 is 10.1 Å². The molecule has 0 heterocycles. The molecule has 1 aromatic rings. The molecular weight excluding hydrogens is 254 g/mol. The van der Waals surface area contributed by atoms with Crippen molar-refractivity contribution in [2.45, 2.75) is 25.9 Å². The van der Waals surface area contributed by atoms with Crippen LogP contribution in [-0.2, 0) is 4.79 Å². The van der Waals surface area contributed by atoms with E-state index in [9.17, 15) is 4.79 Å². The number of rotatable bonds is 7. The molecule has 4 nitrogen and oxygen atoms in total. The van der Waals surface area contributed by atoms with E-state index in [1.54, 1.807) is 31.2 Å². The van der Waals surface area contributed by atoms with Gasteiger partial charge in [-0.15, -0.1) is 0 Å². The summed E-state index contributed by atoms with van der Waals surface area (Å²) in [6.07, 6.45) is 1.09. The van der Waals surface area contributed by atoms with Crippen LogP contribution in [0, 0.1) is 0 Å². The molecule has 0 aliphatic carbocycles. The zero-order valence-corrected chi connectivity index (χ0v) is 11.1. The molecule has 1 aromatic carbocycles. The van der Waals surface area contributed by atoms with Crippen LogP contribution in [0.1, 0.15) is 19.8 Å². The van der Waals surface area contributed by atoms with E-state index >= 15 is 0 Å². The first kappa shape index (κ1) is 14.8. The molecule has 0 aromatic heterocycles.